The van der Waals surface area contributed by atoms with Crippen LogP contribution in [0.25, 0.3) is 10.4 Å². The van der Waals surface area contributed by atoms with Gasteiger partial charge in [-0.05, 0) is 35.1 Å². The normalized spacial score (nSPS) is 15.3. The molecule has 1 aromatic carbocycles. The fraction of sp³-hybridized carbons (Fsp3) is 0.444. The molecule has 1 aliphatic rings. The van der Waals surface area contributed by atoms with Crippen LogP contribution in [-0.2, 0) is 6.54 Å². The van der Waals surface area contributed by atoms with Gasteiger partial charge in [-0.3, -0.25) is 4.90 Å². The van der Waals surface area contributed by atoms with Crippen LogP contribution in [0.3, 0.4) is 0 Å². The highest BCUT2D eigenvalue weighted by molar-refractivity contribution is 7.13. The van der Waals surface area contributed by atoms with E-state index in [9.17, 15) is 0 Å². The second-order valence-electron chi connectivity index (χ2n) is 6.12. The molecule has 4 heteroatoms. The molecule has 3 nitrogen and oxygen atoms in total. The fourth-order valence-corrected chi connectivity index (χ4v) is 3.66. The molecular formula is C18H23NO2S. The Morgan fingerprint density at radius 2 is 2.23 bits per heavy atom. The molecule has 0 unspecified atom stereocenters. The Morgan fingerprint density at radius 3 is 2.91 bits per heavy atom. The molecule has 0 bridgehead atoms. The molecule has 3 rings (SSSR count). The van der Waals surface area contributed by atoms with Gasteiger partial charge < -0.3 is 9.47 Å². The van der Waals surface area contributed by atoms with E-state index in [1.807, 2.05) is 0 Å². The minimum atomic E-state index is 0.656. The number of rotatable bonds is 4. The van der Waals surface area contributed by atoms with Crippen LogP contribution in [0.4, 0.5) is 0 Å². The Labute approximate surface area is 136 Å². The summed E-state index contributed by atoms with van der Waals surface area (Å²) in [5.74, 6) is 2.41. The van der Waals surface area contributed by atoms with Crippen LogP contribution in [0, 0.1) is 5.92 Å². The number of benzene rings is 1. The highest BCUT2D eigenvalue weighted by Crippen LogP contribution is 2.39. The van der Waals surface area contributed by atoms with Crippen molar-refractivity contribution in [2.24, 2.45) is 5.92 Å². The van der Waals surface area contributed by atoms with Gasteiger partial charge in [0, 0.05) is 30.1 Å². The first kappa shape index (κ1) is 15.4. The van der Waals surface area contributed by atoms with Crippen molar-refractivity contribution in [3.8, 4) is 21.9 Å². The maximum atomic E-state index is 5.99. The fourth-order valence-electron chi connectivity index (χ4n) is 2.95. The second-order valence-corrected chi connectivity index (χ2v) is 7.07. The zero-order chi connectivity index (χ0) is 15.5. The maximum Gasteiger partial charge on any atom is 0.165 e. The molecular weight excluding hydrogens is 294 g/mol. The van der Waals surface area contributed by atoms with Crippen LogP contribution in [0.1, 0.15) is 19.4 Å². The van der Waals surface area contributed by atoms with E-state index in [1.165, 1.54) is 16.0 Å². The van der Waals surface area contributed by atoms with Crippen molar-refractivity contribution in [2.45, 2.75) is 20.4 Å². The molecule has 0 atom stereocenters. The summed E-state index contributed by atoms with van der Waals surface area (Å²) in [7, 11) is 1.72. The molecule has 1 aromatic heterocycles. The van der Waals surface area contributed by atoms with Crippen molar-refractivity contribution in [3.05, 3.63) is 35.2 Å². The predicted octanol–water partition coefficient (Wildman–Crippen LogP) is 4.27. The summed E-state index contributed by atoms with van der Waals surface area (Å²) in [4.78, 5) is 3.73. The first-order valence-electron chi connectivity index (χ1n) is 7.77. The van der Waals surface area contributed by atoms with E-state index < -0.39 is 0 Å². The van der Waals surface area contributed by atoms with Gasteiger partial charge in [0.25, 0.3) is 0 Å². The van der Waals surface area contributed by atoms with Crippen molar-refractivity contribution in [1.82, 2.24) is 4.90 Å². The summed E-state index contributed by atoms with van der Waals surface area (Å²) >= 11 is 1.75. The van der Waals surface area contributed by atoms with E-state index in [0.29, 0.717) is 12.5 Å². The van der Waals surface area contributed by atoms with Gasteiger partial charge in [0.1, 0.15) is 6.61 Å². The molecule has 0 N–H and O–H groups in total. The Balaban J connectivity index is 1.98. The first-order chi connectivity index (χ1) is 10.7. The summed E-state index contributed by atoms with van der Waals surface area (Å²) < 4.78 is 11.6. The number of hydrogen-bond donors (Lipinski definition) is 0. The van der Waals surface area contributed by atoms with E-state index in [-0.39, 0.29) is 0 Å². The molecule has 0 radical (unpaired) electrons. The number of fused-ring (bicyclic) bond motifs is 1. The van der Waals surface area contributed by atoms with Crippen molar-refractivity contribution < 1.29 is 9.47 Å². The van der Waals surface area contributed by atoms with Crippen molar-refractivity contribution in [1.29, 1.82) is 0 Å². The lowest BCUT2D eigenvalue weighted by molar-refractivity contribution is 0.205. The average Bonchev–Trinajstić information content (AvgIpc) is 2.94. The zero-order valence-corrected chi connectivity index (χ0v) is 14.3. The van der Waals surface area contributed by atoms with E-state index in [1.54, 1.807) is 18.4 Å². The van der Waals surface area contributed by atoms with E-state index in [0.717, 1.165) is 31.1 Å². The van der Waals surface area contributed by atoms with Crippen LogP contribution in [0.2, 0.25) is 0 Å². The lowest BCUT2D eigenvalue weighted by Crippen LogP contribution is -2.29. The molecule has 1 aliphatic heterocycles. The molecule has 0 saturated heterocycles. The summed E-state index contributed by atoms with van der Waals surface area (Å²) in [5.41, 5.74) is 2.43. The highest BCUT2D eigenvalue weighted by Gasteiger charge is 2.21. The lowest BCUT2D eigenvalue weighted by atomic mass is 10.1. The molecule has 0 fully saturated rings. The molecule has 2 heterocycles. The van der Waals surface area contributed by atoms with Gasteiger partial charge in [0.15, 0.2) is 11.5 Å². The van der Waals surface area contributed by atoms with Gasteiger partial charge in [-0.1, -0.05) is 19.9 Å². The van der Waals surface area contributed by atoms with E-state index in [2.05, 4.69) is 48.4 Å². The average molecular weight is 317 g/mol. The van der Waals surface area contributed by atoms with Gasteiger partial charge in [-0.25, -0.2) is 0 Å². The second kappa shape index (κ2) is 6.71. The molecule has 22 heavy (non-hydrogen) atoms. The Morgan fingerprint density at radius 1 is 1.36 bits per heavy atom. The number of nitrogens with zero attached hydrogens (tertiary/aromatic N) is 1. The lowest BCUT2D eigenvalue weighted by Gasteiger charge is -2.21. The predicted molar refractivity (Wildman–Crippen MR) is 91.9 cm³/mol. The quantitative estimate of drug-likeness (QED) is 0.840. The Hall–Kier alpha value is -1.52. The van der Waals surface area contributed by atoms with Crippen LogP contribution in [0.15, 0.2) is 29.6 Å². The van der Waals surface area contributed by atoms with Crippen molar-refractivity contribution in [2.75, 3.05) is 26.8 Å². The molecule has 0 aliphatic carbocycles. The minimum Gasteiger partial charge on any atom is -0.493 e. The zero-order valence-electron chi connectivity index (χ0n) is 13.5. The third kappa shape index (κ3) is 3.28. The van der Waals surface area contributed by atoms with E-state index >= 15 is 0 Å². The molecule has 118 valence electrons. The topological polar surface area (TPSA) is 21.7 Å². The van der Waals surface area contributed by atoms with Crippen molar-refractivity contribution >= 4 is 11.3 Å². The summed E-state index contributed by atoms with van der Waals surface area (Å²) in [5, 5.41) is 2.11. The highest BCUT2D eigenvalue weighted by atomic mass is 32.1. The van der Waals surface area contributed by atoms with Gasteiger partial charge in [0.05, 0.1) is 7.11 Å². The first-order valence-corrected chi connectivity index (χ1v) is 8.65. The molecule has 2 aromatic rings. The smallest absolute Gasteiger partial charge is 0.165 e. The van der Waals surface area contributed by atoms with Gasteiger partial charge >= 0.3 is 0 Å². The third-order valence-electron chi connectivity index (χ3n) is 3.83. The maximum absolute atomic E-state index is 5.99. The van der Waals surface area contributed by atoms with Gasteiger partial charge in [-0.15, -0.1) is 11.3 Å². The summed E-state index contributed by atoms with van der Waals surface area (Å²) in [6, 6.07) is 8.57. The minimum absolute atomic E-state index is 0.656. The van der Waals surface area contributed by atoms with E-state index in [4.69, 9.17) is 9.47 Å². The largest absolute Gasteiger partial charge is 0.493 e. The SMILES string of the molecule is COc1cc(-c2cccs2)cc2c1OCCN(CC(C)C)C2. The monoisotopic (exact) mass is 317 g/mol. The number of thiophene rings is 1. The van der Waals surface area contributed by atoms with Crippen LogP contribution < -0.4 is 9.47 Å². The van der Waals surface area contributed by atoms with Crippen LogP contribution in [0.5, 0.6) is 11.5 Å². The number of ether oxygens (including phenoxy) is 2. The van der Waals surface area contributed by atoms with Crippen LogP contribution in [-0.4, -0.2) is 31.7 Å². The summed E-state index contributed by atoms with van der Waals surface area (Å²) in [6.45, 7) is 8.21. The Bertz CT molecular complexity index is 622. The van der Waals surface area contributed by atoms with Crippen LogP contribution >= 0.6 is 11.3 Å². The number of hydrogen-bond acceptors (Lipinski definition) is 4. The summed E-state index contributed by atoms with van der Waals surface area (Å²) in [6.07, 6.45) is 0. The van der Waals surface area contributed by atoms with Crippen molar-refractivity contribution in [3.63, 3.8) is 0 Å². The molecule has 0 saturated carbocycles. The standard InChI is InChI=1S/C18H23NO2S/c1-13(2)11-19-6-7-21-18-15(12-19)9-14(10-16(18)20-3)17-5-4-8-22-17/h4-5,8-10,13H,6-7,11-12H2,1-3H3. The molecule has 0 amide bonds. The Kier molecular flexibility index (Phi) is 4.69. The molecule has 0 spiro atoms. The van der Waals surface area contributed by atoms with Gasteiger partial charge in [-0.2, -0.15) is 0 Å². The third-order valence-corrected chi connectivity index (χ3v) is 4.75. The van der Waals surface area contributed by atoms with Gasteiger partial charge in [0.2, 0.25) is 0 Å². The number of methoxy groups -OCH3 is 1.